The maximum absolute atomic E-state index is 15.1. The van der Waals surface area contributed by atoms with Gasteiger partial charge in [-0.25, -0.2) is 0 Å². The molecule has 0 bridgehead atoms. The number of halogens is 6. The first kappa shape index (κ1) is 52.2. The Kier molecular flexibility index (Phi) is 14.0. The third-order valence-electron chi connectivity index (χ3n) is 14.9. The molecule has 0 amide bonds. The molecular formula is C66H51BF6O3P2. The first-order chi connectivity index (χ1) is 37.8. The van der Waals surface area contributed by atoms with Crippen molar-refractivity contribution >= 4 is 74.4 Å². The summed E-state index contributed by atoms with van der Waals surface area (Å²) < 4.78 is 115. The molecule has 78 heavy (non-hydrogen) atoms. The van der Waals surface area contributed by atoms with Crippen LogP contribution in [0.3, 0.4) is 0 Å². The van der Waals surface area contributed by atoms with Crippen molar-refractivity contribution in [3.05, 3.63) is 307 Å². The fourth-order valence-electron chi connectivity index (χ4n) is 11.4. The van der Waals surface area contributed by atoms with E-state index in [1.807, 2.05) is 267 Å². The zero-order valence-corrected chi connectivity index (χ0v) is 43.8. The van der Waals surface area contributed by atoms with Crippen molar-refractivity contribution in [2.45, 2.75) is 24.7 Å². The topological polar surface area (TPSA) is 27.7 Å². The Bertz CT molecular complexity index is 3400. The van der Waals surface area contributed by atoms with E-state index in [-0.39, 0.29) is 18.4 Å². The van der Waals surface area contributed by atoms with Gasteiger partial charge < -0.3 is 0 Å². The van der Waals surface area contributed by atoms with Gasteiger partial charge in [0.05, 0.1) is 0 Å². The predicted molar refractivity (Wildman–Crippen MR) is 311 cm³/mol. The van der Waals surface area contributed by atoms with Gasteiger partial charge in [-0.15, -0.1) is 0 Å². The Morgan fingerprint density at radius 1 is 0.308 bits per heavy atom. The zero-order valence-electron chi connectivity index (χ0n) is 42.0. The average molecular weight is 1080 g/mol. The third-order valence-corrected chi connectivity index (χ3v) is 26.5. The molecular weight excluding hydrogens is 1030 g/mol. The fraction of sp³-hybridized carbons (Fsp3) is 0.0606. The molecule has 0 aromatic heterocycles. The summed E-state index contributed by atoms with van der Waals surface area (Å²) in [6.07, 6.45) is -10.2. The zero-order chi connectivity index (χ0) is 53.9. The quantitative estimate of drug-likeness (QED) is 0.0548. The van der Waals surface area contributed by atoms with E-state index in [1.165, 1.54) is 0 Å². The second-order valence-electron chi connectivity index (χ2n) is 19.4. The van der Waals surface area contributed by atoms with Crippen LogP contribution in [-0.4, -0.2) is 7.32 Å². The van der Waals surface area contributed by atoms with Crippen LogP contribution in [0.1, 0.15) is 22.3 Å². The van der Waals surface area contributed by atoms with Crippen LogP contribution in [0.25, 0.3) is 21.5 Å². The van der Waals surface area contributed by atoms with Crippen molar-refractivity contribution < 1.29 is 39.9 Å². The Morgan fingerprint density at radius 2 is 0.577 bits per heavy atom. The standard InChI is InChI=1S/C66H51BF6O3P2/c68-65(69,70)54-45-55(66(71,72)73)47-56(46-54)74-67(75-77(57-31-7-1-8-32-57,58-33-9-2-10-34-58,59-35-11-3-12-36-59)48-52-29-23-27-50-25-19-21-43-63(50)52)76-78(60-37-13-4-14-38-60,61-39-15-5-16-40-61,62-41-17-6-18-42-62)49-53-30-24-28-51-26-20-22-44-64(51)53/h1-47H,48-49H2. The molecule has 11 aromatic carbocycles. The van der Waals surface area contributed by atoms with Gasteiger partial charge in [-0.1, -0.05) is 0 Å². The van der Waals surface area contributed by atoms with E-state index in [0.717, 1.165) is 32.7 Å². The summed E-state index contributed by atoms with van der Waals surface area (Å²) in [6, 6.07) is 87.4. The van der Waals surface area contributed by atoms with E-state index in [0.29, 0.717) is 44.0 Å². The molecule has 0 atom stereocenters. The summed E-state index contributed by atoms with van der Waals surface area (Å²) in [5.41, 5.74) is -1.39. The van der Waals surface area contributed by atoms with Crippen molar-refractivity contribution in [2.24, 2.45) is 0 Å². The van der Waals surface area contributed by atoms with Crippen molar-refractivity contribution in [3.63, 3.8) is 0 Å². The SMILES string of the molecule is FC(F)(F)c1cc(OB(OP(Cc2cccc3ccccc23)(c2ccccc2)(c2ccccc2)c2ccccc2)OP(Cc2cccc3ccccc23)(c2ccccc2)(c2ccccc2)c2ccccc2)cc(C(F)(F)F)c1. The summed E-state index contributed by atoms with van der Waals surface area (Å²) >= 11 is 0. The van der Waals surface area contributed by atoms with Gasteiger partial charge in [-0.2, -0.15) is 0 Å². The Morgan fingerprint density at radius 3 is 0.872 bits per heavy atom. The molecule has 0 saturated carbocycles. The van der Waals surface area contributed by atoms with Crippen LogP contribution < -0.4 is 36.5 Å². The summed E-state index contributed by atoms with van der Waals surface area (Å²) in [7, 11) is -2.11. The van der Waals surface area contributed by atoms with E-state index in [4.69, 9.17) is 13.5 Å². The maximum atomic E-state index is 15.1. The van der Waals surface area contributed by atoms with Crippen LogP contribution >= 0.6 is 13.7 Å². The van der Waals surface area contributed by atoms with E-state index in [1.54, 1.807) is 0 Å². The second kappa shape index (κ2) is 20.8. The Hall–Kier alpha value is -7.84. The molecule has 0 spiro atoms. The molecule has 12 heteroatoms. The predicted octanol–water partition coefficient (Wildman–Crippen LogP) is 15.7. The Labute approximate surface area is 449 Å². The minimum absolute atomic E-state index is 0.0977. The fourth-order valence-corrected chi connectivity index (χ4v) is 22.8. The van der Waals surface area contributed by atoms with E-state index < -0.39 is 50.2 Å². The summed E-state index contributed by atoms with van der Waals surface area (Å²) in [4.78, 5) is 0. The van der Waals surface area contributed by atoms with Crippen LogP contribution in [0.15, 0.2) is 285 Å². The first-order valence-electron chi connectivity index (χ1n) is 25.4. The summed E-state index contributed by atoms with van der Waals surface area (Å²) in [6.45, 7) is -9.92. The van der Waals surface area contributed by atoms with Gasteiger partial charge in [0.25, 0.3) is 0 Å². The Balaban J connectivity index is 1.33. The molecule has 0 N–H and O–H groups in total. The molecule has 11 rings (SSSR count). The third kappa shape index (κ3) is 9.27. The van der Waals surface area contributed by atoms with Crippen molar-refractivity contribution in [3.8, 4) is 5.75 Å². The molecule has 3 nitrogen and oxygen atoms in total. The van der Waals surface area contributed by atoms with Gasteiger partial charge >= 0.3 is 452 Å². The first-order valence-corrected chi connectivity index (χ1v) is 30.1. The minimum atomic E-state index is -5.21. The number of benzene rings is 11. The van der Waals surface area contributed by atoms with E-state index in [9.17, 15) is 0 Å². The van der Waals surface area contributed by atoms with Crippen molar-refractivity contribution in [1.82, 2.24) is 0 Å². The summed E-state index contributed by atoms with van der Waals surface area (Å²) in [5, 5.41) is 7.90. The van der Waals surface area contributed by atoms with Gasteiger partial charge in [0.15, 0.2) is 0 Å². The van der Waals surface area contributed by atoms with E-state index >= 15 is 26.3 Å². The molecule has 0 heterocycles. The molecule has 0 radical (unpaired) electrons. The van der Waals surface area contributed by atoms with Gasteiger partial charge in [-0.05, 0) is 0 Å². The monoisotopic (exact) mass is 1080 g/mol. The summed E-state index contributed by atoms with van der Waals surface area (Å²) in [5.74, 6) is -0.769. The average Bonchev–Trinajstić information content (AvgIpc) is 3.39. The molecule has 0 fully saturated rings. The molecule has 0 saturated heterocycles. The number of rotatable bonds is 16. The van der Waals surface area contributed by atoms with Crippen molar-refractivity contribution in [2.75, 3.05) is 0 Å². The molecule has 388 valence electrons. The van der Waals surface area contributed by atoms with Crippen LogP contribution in [0.4, 0.5) is 26.3 Å². The molecule has 0 unspecified atom stereocenters. The molecule has 0 aliphatic heterocycles. The molecule has 11 aromatic rings. The van der Waals surface area contributed by atoms with Crippen LogP contribution in [0, 0.1) is 0 Å². The number of fused-ring (bicyclic) bond motifs is 2. The van der Waals surface area contributed by atoms with Gasteiger partial charge in [-0.3, -0.25) is 0 Å². The van der Waals surface area contributed by atoms with Crippen LogP contribution in [-0.2, 0) is 33.6 Å². The normalized spacial score (nSPS) is 13.3. The van der Waals surface area contributed by atoms with Crippen LogP contribution in [0.2, 0.25) is 0 Å². The van der Waals surface area contributed by atoms with Gasteiger partial charge in [0, 0.05) is 0 Å². The number of alkyl halides is 6. The number of hydrogen-bond donors (Lipinski definition) is 0. The molecule has 0 aliphatic rings. The van der Waals surface area contributed by atoms with Crippen molar-refractivity contribution in [1.29, 1.82) is 0 Å². The molecule has 0 aliphatic carbocycles. The second-order valence-corrected chi connectivity index (χ2v) is 28.4. The van der Waals surface area contributed by atoms with E-state index in [2.05, 4.69) is 0 Å². The van der Waals surface area contributed by atoms with Gasteiger partial charge in [0.1, 0.15) is 0 Å². The number of hydrogen-bond acceptors (Lipinski definition) is 3. The van der Waals surface area contributed by atoms with Gasteiger partial charge in [0.2, 0.25) is 0 Å². The van der Waals surface area contributed by atoms with Crippen LogP contribution in [0.5, 0.6) is 5.75 Å².